The first-order chi connectivity index (χ1) is 19.4. The number of piperazine rings is 1. The number of allylic oxidation sites excluding steroid dienone is 1. The van der Waals surface area contributed by atoms with Gasteiger partial charge in [0.2, 0.25) is 11.9 Å². The van der Waals surface area contributed by atoms with E-state index in [-0.39, 0.29) is 18.6 Å². The molecule has 0 aromatic carbocycles. The number of hydrogen-bond donors (Lipinski definition) is 3. The average Bonchev–Trinajstić information content (AvgIpc) is 2.98. The van der Waals surface area contributed by atoms with E-state index in [0.717, 1.165) is 77.5 Å². The van der Waals surface area contributed by atoms with E-state index < -0.39 is 5.97 Å². The van der Waals surface area contributed by atoms with Crippen molar-refractivity contribution in [2.24, 2.45) is 16.6 Å². The highest BCUT2D eigenvalue weighted by Gasteiger charge is 2.32. The monoisotopic (exact) mass is 556 g/mol. The first-order valence-electron chi connectivity index (χ1n) is 14.9. The van der Waals surface area contributed by atoms with Crippen molar-refractivity contribution in [1.82, 2.24) is 19.8 Å². The lowest BCUT2D eigenvalue weighted by Crippen LogP contribution is -2.54. The number of unbranched alkanes of at least 4 members (excludes halogenated alkanes) is 1. The summed E-state index contributed by atoms with van der Waals surface area (Å²) >= 11 is 0. The minimum atomic E-state index is -0.456. The Labute approximate surface area is 239 Å². The van der Waals surface area contributed by atoms with Gasteiger partial charge in [0.25, 0.3) is 0 Å². The van der Waals surface area contributed by atoms with Crippen molar-refractivity contribution in [3.05, 3.63) is 23.7 Å². The van der Waals surface area contributed by atoms with Crippen LogP contribution in [-0.2, 0) is 9.53 Å². The molecule has 2 fully saturated rings. The van der Waals surface area contributed by atoms with Crippen molar-refractivity contribution in [3.8, 4) is 0 Å². The van der Waals surface area contributed by atoms with Gasteiger partial charge >= 0.3 is 5.97 Å². The number of aromatic nitrogens is 2. The second kappa shape index (κ2) is 16.2. The highest BCUT2D eigenvalue weighted by Crippen LogP contribution is 2.28. The molecule has 1 unspecified atom stereocenters. The summed E-state index contributed by atoms with van der Waals surface area (Å²) in [5.41, 5.74) is 6.52. The number of carbonyl (C=O) groups is 2. The summed E-state index contributed by atoms with van der Waals surface area (Å²) in [7, 11) is 1.65. The maximum Gasteiger partial charge on any atom is 0.343 e. The number of carbonyl (C=O) groups excluding carboxylic acids is 2. The fourth-order valence-electron chi connectivity index (χ4n) is 5.59. The molecule has 1 aromatic rings. The Morgan fingerprint density at radius 1 is 1.18 bits per heavy atom. The van der Waals surface area contributed by atoms with Gasteiger partial charge in [-0.1, -0.05) is 26.7 Å². The normalized spacial score (nSPS) is 21.3. The summed E-state index contributed by atoms with van der Waals surface area (Å²) < 4.78 is 5.23. The van der Waals surface area contributed by atoms with Gasteiger partial charge in [-0.05, 0) is 45.4 Å². The highest BCUT2D eigenvalue weighted by atomic mass is 16.5. The SMILES string of the molecule is CCCCC(CC)C(=O)N1CCN(C2CCC(Nc3nc(N/C(C=NC)=C/N)ncc3C(=O)OCC)CC2)CC1. The number of hydrogen-bond acceptors (Lipinski definition) is 10. The van der Waals surface area contributed by atoms with Crippen LogP contribution in [0.3, 0.4) is 0 Å². The molecule has 3 rings (SSSR count). The van der Waals surface area contributed by atoms with E-state index in [2.05, 4.69) is 49.2 Å². The summed E-state index contributed by atoms with van der Waals surface area (Å²) in [5.74, 6) is 0.818. The van der Waals surface area contributed by atoms with Crippen LogP contribution in [0.25, 0.3) is 0 Å². The van der Waals surface area contributed by atoms with E-state index in [1.54, 1.807) is 20.2 Å². The Morgan fingerprint density at radius 3 is 2.50 bits per heavy atom. The van der Waals surface area contributed by atoms with Crippen molar-refractivity contribution in [3.63, 3.8) is 0 Å². The zero-order valence-corrected chi connectivity index (χ0v) is 24.7. The predicted octanol–water partition coefficient (Wildman–Crippen LogP) is 3.65. The molecule has 0 bridgehead atoms. The predicted molar refractivity (Wildman–Crippen MR) is 159 cm³/mol. The zero-order valence-electron chi connectivity index (χ0n) is 24.7. The van der Waals surface area contributed by atoms with Crippen LogP contribution in [0.1, 0.15) is 82.5 Å². The standard InChI is InChI=1S/C29H48N8O3/c1-5-8-9-21(6-2)27(38)37-16-14-36(15-17-37)24-12-10-22(11-13-24)33-26-25(28(39)40-7-3)20-32-29(35-26)34-23(18-30)19-31-4/h18-22,24H,5-17,30H2,1-4H3,(H2,32,33,34,35)/b23-18+,31-19?. The summed E-state index contributed by atoms with van der Waals surface area (Å²) in [4.78, 5) is 43.1. The molecule has 4 N–H and O–H groups in total. The zero-order chi connectivity index (χ0) is 28.9. The van der Waals surface area contributed by atoms with E-state index in [1.807, 2.05) is 0 Å². The number of ether oxygens (including phenoxy) is 1. The third-order valence-corrected chi connectivity index (χ3v) is 7.92. The molecule has 2 heterocycles. The van der Waals surface area contributed by atoms with Crippen molar-refractivity contribution >= 4 is 29.9 Å². The van der Waals surface area contributed by atoms with E-state index in [0.29, 0.717) is 35.0 Å². The van der Waals surface area contributed by atoms with Crippen LogP contribution in [0, 0.1) is 5.92 Å². The number of nitrogens with zero attached hydrogens (tertiary/aromatic N) is 5. The summed E-state index contributed by atoms with van der Waals surface area (Å²) in [6.45, 7) is 9.87. The van der Waals surface area contributed by atoms with Crippen molar-refractivity contribution in [2.75, 3.05) is 50.5 Å². The number of nitrogens with one attached hydrogen (secondary N) is 2. The van der Waals surface area contributed by atoms with E-state index in [4.69, 9.17) is 10.5 Å². The van der Waals surface area contributed by atoms with Gasteiger partial charge in [0.1, 0.15) is 11.4 Å². The number of anilines is 2. The van der Waals surface area contributed by atoms with E-state index in [1.165, 1.54) is 12.4 Å². The maximum atomic E-state index is 13.0. The molecule has 1 saturated carbocycles. The first kappa shape index (κ1) is 31.3. The minimum absolute atomic E-state index is 0.169. The van der Waals surface area contributed by atoms with Crippen LogP contribution in [0.15, 0.2) is 23.1 Å². The van der Waals surface area contributed by atoms with Crippen LogP contribution in [0.2, 0.25) is 0 Å². The molecular formula is C29H48N8O3. The molecular weight excluding hydrogens is 508 g/mol. The molecule has 1 saturated heterocycles. The van der Waals surface area contributed by atoms with E-state index >= 15 is 0 Å². The smallest absolute Gasteiger partial charge is 0.343 e. The second-order valence-electron chi connectivity index (χ2n) is 10.6. The molecule has 1 amide bonds. The van der Waals surface area contributed by atoms with Gasteiger partial charge in [-0.2, -0.15) is 4.98 Å². The Bertz CT molecular complexity index is 1010. The second-order valence-corrected chi connectivity index (χ2v) is 10.6. The van der Waals surface area contributed by atoms with Crippen LogP contribution in [-0.4, -0.2) is 89.8 Å². The van der Waals surface area contributed by atoms with Gasteiger partial charge in [-0.3, -0.25) is 14.7 Å². The molecule has 40 heavy (non-hydrogen) atoms. The fourth-order valence-corrected chi connectivity index (χ4v) is 5.59. The Kier molecular flexibility index (Phi) is 12.6. The molecule has 2 aliphatic rings. The number of amides is 1. The molecule has 11 nitrogen and oxygen atoms in total. The number of esters is 1. The lowest BCUT2D eigenvalue weighted by atomic mass is 9.89. The molecule has 1 aliphatic heterocycles. The minimum Gasteiger partial charge on any atom is -0.462 e. The molecule has 1 aromatic heterocycles. The number of aliphatic imine (C=N–C) groups is 1. The van der Waals surface area contributed by atoms with Gasteiger partial charge in [0.15, 0.2) is 0 Å². The third kappa shape index (κ3) is 8.64. The molecule has 1 aliphatic carbocycles. The average molecular weight is 557 g/mol. The van der Waals surface area contributed by atoms with Crippen LogP contribution >= 0.6 is 0 Å². The highest BCUT2D eigenvalue weighted by molar-refractivity contribution is 5.94. The first-order valence-corrected chi connectivity index (χ1v) is 14.9. The van der Waals surface area contributed by atoms with Gasteiger partial charge in [-0.15, -0.1) is 0 Å². The van der Waals surface area contributed by atoms with Gasteiger partial charge in [0.05, 0.1) is 12.3 Å². The van der Waals surface area contributed by atoms with Crippen molar-refractivity contribution in [2.45, 2.75) is 84.2 Å². The van der Waals surface area contributed by atoms with Crippen LogP contribution in [0.4, 0.5) is 11.8 Å². The molecule has 0 spiro atoms. The Hall–Kier alpha value is -3.21. The summed E-state index contributed by atoms with van der Waals surface area (Å²) in [5, 5.41) is 6.51. The Morgan fingerprint density at radius 2 is 1.90 bits per heavy atom. The number of rotatable bonds is 13. The lowest BCUT2D eigenvalue weighted by Gasteiger charge is -2.42. The van der Waals surface area contributed by atoms with Crippen molar-refractivity contribution in [1.29, 1.82) is 0 Å². The lowest BCUT2D eigenvalue weighted by molar-refractivity contribution is -0.138. The topological polar surface area (TPSA) is 138 Å². The van der Waals surface area contributed by atoms with Gasteiger partial charge in [0, 0.05) is 69.8 Å². The largest absolute Gasteiger partial charge is 0.462 e. The summed E-state index contributed by atoms with van der Waals surface area (Å²) in [6.07, 6.45) is 12.6. The van der Waals surface area contributed by atoms with Crippen LogP contribution in [0.5, 0.6) is 0 Å². The van der Waals surface area contributed by atoms with Crippen LogP contribution < -0.4 is 16.4 Å². The van der Waals surface area contributed by atoms with Gasteiger partial charge in [-0.25, -0.2) is 9.78 Å². The van der Waals surface area contributed by atoms with Crippen molar-refractivity contribution < 1.29 is 14.3 Å². The quantitative estimate of drug-likeness (QED) is 0.245. The number of nitrogens with two attached hydrogens (primary N) is 1. The molecule has 0 radical (unpaired) electrons. The molecule has 222 valence electrons. The summed E-state index contributed by atoms with van der Waals surface area (Å²) in [6, 6.07) is 0.691. The maximum absolute atomic E-state index is 13.0. The Balaban J connectivity index is 1.57. The van der Waals surface area contributed by atoms with E-state index in [9.17, 15) is 9.59 Å². The van der Waals surface area contributed by atoms with Gasteiger partial charge < -0.3 is 26.0 Å². The molecule has 1 atom stereocenters. The molecule has 11 heteroatoms. The fraction of sp³-hybridized carbons (Fsp3) is 0.690. The third-order valence-electron chi connectivity index (χ3n) is 7.92.